The summed E-state index contributed by atoms with van der Waals surface area (Å²) in [6.07, 6.45) is 0. The number of anilines is 1. The molecule has 4 heteroatoms. The molecule has 0 fully saturated rings. The maximum Gasteiger partial charge on any atom is 0.257 e. The number of para-hydroxylation sites is 1. The highest BCUT2D eigenvalue weighted by atomic mass is 79.9. The molecule has 1 atom stereocenters. The SMILES string of the molecule is CC(Br)c1ccccc1NC(=O)c1csc2ccccc12. The van der Waals surface area contributed by atoms with Crippen LogP contribution in [-0.2, 0) is 0 Å². The van der Waals surface area contributed by atoms with Crippen LogP contribution in [0.25, 0.3) is 10.1 Å². The molecule has 2 aromatic carbocycles. The summed E-state index contributed by atoms with van der Waals surface area (Å²) in [5, 5.41) is 5.95. The van der Waals surface area contributed by atoms with Gasteiger partial charge in [-0.25, -0.2) is 0 Å². The van der Waals surface area contributed by atoms with E-state index < -0.39 is 0 Å². The van der Waals surface area contributed by atoms with Gasteiger partial charge in [0.25, 0.3) is 5.91 Å². The summed E-state index contributed by atoms with van der Waals surface area (Å²) in [5.41, 5.74) is 2.65. The summed E-state index contributed by atoms with van der Waals surface area (Å²) in [6.45, 7) is 2.05. The molecule has 0 aliphatic rings. The number of benzene rings is 2. The minimum atomic E-state index is -0.0620. The number of nitrogens with one attached hydrogen (secondary N) is 1. The Morgan fingerprint density at radius 1 is 1.14 bits per heavy atom. The second-order valence-corrected chi connectivity index (χ2v) is 7.09. The highest BCUT2D eigenvalue weighted by Gasteiger charge is 2.14. The van der Waals surface area contributed by atoms with Gasteiger partial charge < -0.3 is 5.32 Å². The van der Waals surface area contributed by atoms with Crippen LogP contribution in [0.2, 0.25) is 0 Å². The van der Waals surface area contributed by atoms with Gasteiger partial charge in [0, 0.05) is 26.0 Å². The van der Waals surface area contributed by atoms with Crippen molar-refractivity contribution in [2.24, 2.45) is 0 Å². The molecule has 1 amide bonds. The Morgan fingerprint density at radius 3 is 2.67 bits per heavy atom. The molecule has 3 rings (SSSR count). The Hall–Kier alpha value is -1.65. The Balaban J connectivity index is 1.94. The van der Waals surface area contributed by atoms with Gasteiger partial charge >= 0.3 is 0 Å². The molecule has 0 saturated carbocycles. The second-order valence-electron chi connectivity index (χ2n) is 4.80. The molecule has 0 aliphatic carbocycles. The Kier molecular flexibility index (Phi) is 4.08. The van der Waals surface area contributed by atoms with Gasteiger partial charge in [-0.05, 0) is 24.6 Å². The zero-order valence-corrected chi connectivity index (χ0v) is 13.9. The van der Waals surface area contributed by atoms with Crippen LogP contribution in [0.3, 0.4) is 0 Å². The van der Waals surface area contributed by atoms with Crippen molar-refractivity contribution in [3.63, 3.8) is 0 Å². The highest BCUT2D eigenvalue weighted by molar-refractivity contribution is 9.09. The van der Waals surface area contributed by atoms with E-state index in [1.807, 2.05) is 60.8 Å². The van der Waals surface area contributed by atoms with Gasteiger partial charge in [0.1, 0.15) is 0 Å². The van der Waals surface area contributed by atoms with Crippen LogP contribution in [0.1, 0.15) is 27.7 Å². The summed E-state index contributed by atoms with van der Waals surface area (Å²) >= 11 is 5.16. The number of carbonyl (C=O) groups excluding carboxylic acids is 1. The van der Waals surface area contributed by atoms with Gasteiger partial charge in [0.05, 0.1) is 5.56 Å². The molecule has 1 unspecified atom stereocenters. The number of amides is 1. The van der Waals surface area contributed by atoms with Crippen molar-refractivity contribution in [3.05, 3.63) is 65.0 Å². The summed E-state index contributed by atoms with van der Waals surface area (Å²) < 4.78 is 1.13. The number of halogens is 1. The zero-order chi connectivity index (χ0) is 14.8. The lowest BCUT2D eigenvalue weighted by atomic mass is 10.1. The number of carbonyl (C=O) groups is 1. The quantitative estimate of drug-likeness (QED) is 0.605. The van der Waals surface area contributed by atoms with Crippen LogP contribution >= 0.6 is 27.3 Å². The second kappa shape index (κ2) is 6.00. The molecule has 0 aliphatic heterocycles. The molecule has 1 heterocycles. The predicted octanol–water partition coefficient (Wildman–Crippen LogP) is 5.61. The predicted molar refractivity (Wildman–Crippen MR) is 93.6 cm³/mol. The Labute approximate surface area is 135 Å². The molecule has 0 bridgehead atoms. The van der Waals surface area contributed by atoms with Gasteiger partial charge in [0.2, 0.25) is 0 Å². The number of hydrogen-bond acceptors (Lipinski definition) is 2. The van der Waals surface area contributed by atoms with E-state index in [0.717, 1.165) is 26.9 Å². The van der Waals surface area contributed by atoms with Crippen LogP contribution in [0.4, 0.5) is 5.69 Å². The van der Waals surface area contributed by atoms with E-state index in [0.29, 0.717) is 0 Å². The van der Waals surface area contributed by atoms with Crippen molar-refractivity contribution in [1.82, 2.24) is 0 Å². The standard InChI is InChI=1S/C17H14BrNOS/c1-11(18)12-6-2-4-8-15(12)19-17(20)14-10-21-16-9-5-3-7-13(14)16/h2-11H,1H3,(H,19,20). The van der Waals surface area contributed by atoms with Crippen molar-refractivity contribution in [3.8, 4) is 0 Å². The van der Waals surface area contributed by atoms with E-state index in [4.69, 9.17) is 0 Å². The number of alkyl halides is 1. The van der Waals surface area contributed by atoms with Gasteiger partial charge in [-0.3, -0.25) is 4.79 Å². The maximum absolute atomic E-state index is 12.5. The van der Waals surface area contributed by atoms with E-state index in [-0.39, 0.29) is 10.7 Å². The topological polar surface area (TPSA) is 29.1 Å². The Bertz CT molecular complexity index is 794. The smallest absolute Gasteiger partial charge is 0.257 e. The van der Waals surface area contributed by atoms with Gasteiger partial charge in [0.15, 0.2) is 0 Å². The largest absolute Gasteiger partial charge is 0.322 e. The third kappa shape index (κ3) is 2.87. The molecule has 21 heavy (non-hydrogen) atoms. The van der Waals surface area contributed by atoms with Crippen LogP contribution in [0.15, 0.2) is 53.9 Å². The minimum absolute atomic E-state index is 0.0620. The monoisotopic (exact) mass is 359 g/mol. The van der Waals surface area contributed by atoms with Crippen molar-refractivity contribution < 1.29 is 4.79 Å². The number of rotatable bonds is 3. The van der Waals surface area contributed by atoms with E-state index >= 15 is 0 Å². The summed E-state index contributed by atoms with van der Waals surface area (Å²) in [7, 11) is 0. The molecule has 3 aromatic rings. The maximum atomic E-state index is 12.5. The van der Waals surface area contributed by atoms with Gasteiger partial charge in [-0.1, -0.05) is 52.3 Å². The molecule has 0 spiro atoms. The van der Waals surface area contributed by atoms with Gasteiger partial charge in [-0.2, -0.15) is 0 Å². The number of hydrogen-bond donors (Lipinski definition) is 1. The third-order valence-corrected chi connectivity index (χ3v) is 4.82. The third-order valence-electron chi connectivity index (χ3n) is 3.36. The first-order valence-electron chi connectivity index (χ1n) is 6.67. The Morgan fingerprint density at radius 2 is 1.86 bits per heavy atom. The molecule has 1 N–H and O–H groups in total. The van der Waals surface area contributed by atoms with E-state index in [2.05, 4.69) is 21.2 Å². The van der Waals surface area contributed by atoms with Crippen molar-refractivity contribution >= 4 is 48.9 Å². The average Bonchev–Trinajstić information content (AvgIpc) is 2.91. The lowest BCUT2D eigenvalue weighted by Gasteiger charge is -2.12. The van der Waals surface area contributed by atoms with Crippen LogP contribution in [0.5, 0.6) is 0 Å². The van der Waals surface area contributed by atoms with E-state index in [1.165, 1.54) is 0 Å². The summed E-state index contributed by atoms with van der Waals surface area (Å²) in [5.74, 6) is -0.0620. The van der Waals surface area contributed by atoms with Crippen LogP contribution in [0, 0.1) is 0 Å². The van der Waals surface area contributed by atoms with E-state index in [9.17, 15) is 4.79 Å². The molecular weight excluding hydrogens is 346 g/mol. The molecule has 1 aromatic heterocycles. The lowest BCUT2D eigenvalue weighted by Crippen LogP contribution is -2.12. The lowest BCUT2D eigenvalue weighted by molar-refractivity contribution is 0.102. The molecule has 2 nitrogen and oxygen atoms in total. The fourth-order valence-electron chi connectivity index (χ4n) is 2.30. The first-order chi connectivity index (χ1) is 10.2. The fourth-order valence-corrected chi connectivity index (χ4v) is 3.64. The van der Waals surface area contributed by atoms with Crippen LogP contribution < -0.4 is 5.32 Å². The molecule has 106 valence electrons. The molecule has 0 saturated heterocycles. The van der Waals surface area contributed by atoms with Gasteiger partial charge in [-0.15, -0.1) is 11.3 Å². The average molecular weight is 360 g/mol. The minimum Gasteiger partial charge on any atom is -0.322 e. The highest BCUT2D eigenvalue weighted by Crippen LogP contribution is 2.30. The zero-order valence-electron chi connectivity index (χ0n) is 11.5. The normalized spacial score (nSPS) is 12.3. The first-order valence-corrected chi connectivity index (χ1v) is 8.47. The summed E-state index contributed by atoms with van der Waals surface area (Å²) in [4.78, 5) is 12.7. The number of thiophene rings is 1. The summed E-state index contributed by atoms with van der Waals surface area (Å²) in [6, 6.07) is 15.8. The van der Waals surface area contributed by atoms with Crippen molar-refractivity contribution in [1.29, 1.82) is 0 Å². The molecular formula is C17H14BrNOS. The van der Waals surface area contributed by atoms with Crippen molar-refractivity contribution in [2.75, 3.05) is 5.32 Å². The van der Waals surface area contributed by atoms with E-state index in [1.54, 1.807) is 11.3 Å². The first kappa shape index (κ1) is 14.3. The van der Waals surface area contributed by atoms with Crippen molar-refractivity contribution in [2.45, 2.75) is 11.8 Å². The molecule has 0 radical (unpaired) electrons. The fraction of sp³-hybridized carbons (Fsp3) is 0.118. The van der Waals surface area contributed by atoms with Crippen LogP contribution in [-0.4, -0.2) is 5.91 Å². The number of fused-ring (bicyclic) bond motifs is 1.